The third-order valence-electron chi connectivity index (χ3n) is 4.58. The minimum absolute atomic E-state index is 0.134. The van der Waals surface area contributed by atoms with Gasteiger partial charge in [-0.05, 0) is 35.9 Å². The van der Waals surface area contributed by atoms with Crippen LogP contribution in [-0.4, -0.2) is 27.9 Å². The molecule has 0 saturated carbocycles. The number of aromatic nitrogens is 1. The molecule has 5 nitrogen and oxygen atoms in total. The molecule has 2 atom stereocenters. The van der Waals surface area contributed by atoms with E-state index < -0.39 is 51.7 Å². The highest BCUT2D eigenvalue weighted by Gasteiger charge is 2.55. The van der Waals surface area contributed by atoms with E-state index in [2.05, 4.69) is 4.98 Å². The minimum Gasteiger partial charge on any atom is -0.480 e. The number of Topliss-reactive ketones (excluding diaryl/α,β-unsaturated/α-hetero) is 1. The van der Waals surface area contributed by atoms with Crippen LogP contribution in [-0.2, 0) is 21.2 Å². The summed E-state index contributed by atoms with van der Waals surface area (Å²) in [4.78, 5) is 29.5. The largest absolute Gasteiger partial charge is 0.480 e. The molecule has 0 aliphatic rings. The Morgan fingerprint density at radius 3 is 2.10 bits per heavy atom. The number of aliphatic carboxylic acids is 1. The first kappa shape index (κ1) is 23.8. The predicted molar refractivity (Wildman–Crippen MR) is 102 cm³/mol. The van der Waals surface area contributed by atoms with Crippen LogP contribution in [0.3, 0.4) is 0 Å². The minimum atomic E-state index is -4.95. The molecule has 0 amide bonds. The molecule has 0 saturated heterocycles. The zero-order chi connectivity index (χ0) is 23.1. The van der Waals surface area contributed by atoms with Crippen molar-refractivity contribution in [2.45, 2.75) is 38.4 Å². The summed E-state index contributed by atoms with van der Waals surface area (Å²) in [6.45, 7) is 4.33. The lowest BCUT2D eigenvalue weighted by Gasteiger charge is -2.40. The van der Waals surface area contributed by atoms with Gasteiger partial charge in [0, 0.05) is 11.6 Å². The highest BCUT2D eigenvalue weighted by atomic mass is 35.5. The van der Waals surface area contributed by atoms with Crippen molar-refractivity contribution >= 4 is 23.4 Å². The predicted octanol–water partition coefficient (Wildman–Crippen LogP) is 4.21. The van der Waals surface area contributed by atoms with Crippen LogP contribution in [0.1, 0.15) is 37.6 Å². The standard InChI is InChI=1S/C20H19ClF4N2O3/c1-18(2,3)17(30)19(15(26)16(28)29,14-5-4-12(21)9-27-14)10-6-11(20(23,24)25)8-13(22)7-10/h4-9,15H,26H2,1-3H3,(H,28,29). The van der Waals surface area contributed by atoms with Gasteiger partial charge in [0.05, 0.1) is 16.3 Å². The maximum absolute atomic E-state index is 14.3. The second-order valence-electron chi connectivity index (χ2n) is 7.79. The summed E-state index contributed by atoms with van der Waals surface area (Å²) in [5, 5.41) is 9.80. The summed E-state index contributed by atoms with van der Waals surface area (Å²) in [6, 6.07) is 1.84. The number of nitrogens with zero attached hydrogens (tertiary/aromatic N) is 1. The Balaban J connectivity index is 3.05. The van der Waals surface area contributed by atoms with Gasteiger partial charge in [0.15, 0.2) is 5.78 Å². The topological polar surface area (TPSA) is 93.3 Å². The molecule has 30 heavy (non-hydrogen) atoms. The van der Waals surface area contributed by atoms with Gasteiger partial charge in [-0.2, -0.15) is 13.2 Å². The van der Waals surface area contributed by atoms with Crippen molar-refractivity contribution in [2.24, 2.45) is 11.1 Å². The maximum atomic E-state index is 14.3. The molecule has 2 unspecified atom stereocenters. The average Bonchev–Trinajstić information content (AvgIpc) is 2.61. The van der Waals surface area contributed by atoms with Gasteiger partial charge >= 0.3 is 12.1 Å². The highest BCUT2D eigenvalue weighted by molar-refractivity contribution is 6.30. The molecule has 162 valence electrons. The molecule has 3 N–H and O–H groups in total. The molecular weight excluding hydrogens is 428 g/mol. The van der Waals surface area contributed by atoms with E-state index >= 15 is 0 Å². The van der Waals surface area contributed by atoms with Gasteiger partial charge in [-0.1, -0.05) is 32.4 Å². The Bertz CT molecular complexity index is 971. The second kappa shape index (κ2) is 7.96. The van der Waals surface area contributed by atoms with Gasteiger partial charge < -0.3 is 10.8 Å². The summed E-state index contributed by atoms with van der Waals surface area (Å²) in [5.74, 6) is -3.84. The van der Waals surface area contributed by atoms with Crippen molar-refractivity contribution in [1.29, 1.82) is 0 Å². The number of ketones is 1. The highest BCUT2D eigenvalue weighted by Crippen LogP contribution is 2.43. The SMILES string of the molecule is CC(C)(C)C(=O)C(c1cc(F)cc(C(F)(F)F)c1)(c1ccc(Cl)cn1)C(N)C(=O)O. The van der Waals surface area contributed by atoms with E-state index in [-0.39, 0.29) is 16.8 Å². The van der Waals surface area contributed by atoms with Crippen LogP contribution in [0.15, 0.2) is 36.5 Å². The van der Waals surface area contributed by atoms with Crippen LogP contribution < -0.4 is 5.73 Å². The molecule has 1 heterocycles. The van der Waals surface area contributed by atoms with Gasteiger partial charge in [0.1, 0.15) is 17.3 Å². The number of rotatable bonds is 5. The Labute approximate surface area is 174 Å². The molecule has 2 rings (SSSR count). The average molecular weight is 447 g/mol. The Morgan fingerprint density at radius 1 is 1.10 bits per heavy atom. The van der Waals surface area contributed by atoms with Crippen molar-refractivity contribution in [1.82, 2.24) is 4.98 Å². The number of nitrogens with two attached hydrogens (primary N) is 1. The van der Waals surface area contributed by atoms with E-state index in [0.29, 0.717) is 12.1 Å². The summed E-state index contributed by atoms with van der Waals surface area (Å²) in [7, 11) is 0. The lowest BCUT2D eigenvalue weighted by Crippen LogP contribution is -2.59. The first-order valence-corrected chi connectivity index (χ1v) is 9.03. The number of benzene rings is 1. The number of hydrogen-bond donors (Lipinski definition) is 2. The third-order valence-corrected chi connectivity index (χ3v) is 4.81. The molecule has 10 heteroatoms. The van der Waals surface area contributed by atoms with Crippen LogP contribution >= 0.6 is 11.6 Å². The van der Waals surface area contributed by atoms with Crippen molar-refractivity contribution in [3.63, 3.8) is 0 Å². The lowest BCUT2D eigenvalue weighted by atomic mass is 9.62. The van der Waals surface area contributed by atoms with E-state index in [1.807, 2.05) is 0 Å². The second-order valence-corrected chi connectivity index (χ2v) is 8.23. The van der Waals surface area contributed by atoms with Crippen LogP contribution in [0.25, 0.3) is 0 Å². The number of carbonyl (C=O) groups excluding carboxylic acids is 1. The summed E-state index contributed by atoms with van der Waals surface area (Å²) in [5.41, 5.74) is -0.0178. The number of halogens is 5. The molecule has 0 fully saturated rings. The quantitative estimate of drug-likeness (QED) is 0.671. The van der Waals surface area contributed by atoms with E-state index in [9.17, 15) is 32.3 Å². The molecule has 0 radical (unpaired) electrons. The van der Waals surface area contributed by atoms with E-state index in [1.54, 1.807) is 0 Å². The van der Waals surface area contributed by atoms with Crippen molar-refractivity contribution in [3.05, 3.63) is 64.2 Å². The number of carboxylic acid groups (broad SMARTS) is 1. The number of pyridine rings is 1. The molecule has 0 aliphatic carbocycles. The van der Waals surface area contributed by atoms with Crippen LogP contribution in [0.2, 0.25) is 5.02 Å². The smallest absolute Gasteiger partial charge is 0.416 e. The normalized spacial score (nSPS) is 15.4. The summed E-state index contributed by atoms with van der Waals surface area (Å²) in [6.07, 6.45) is -3.85. The Kier molecular flexibility index (Phi) is 6.30. The molecule has 0 aliphatic heterocycles. The number of carbonyl (C=O) groups is 2. The molecule has 0 bridgehead atoms. The fourth-order valence-corrected chi connectivity index (χ4v) is 3.35. The van der Waals surface area contributed by atoms with Crippen molar-refractivity contribution in [2.75, 3.05) is 0 Å². The number of carboxylic acids is 1. The van der Waals surface area contributed by atoms with Gasteiger partial charge in [-0.15, -0.1) is 0 Å². The number of alkyl halides is 3. The number of hydrogen-bond acceptors (Lipinski definition) is 4. The van der Waals surface area contributed by atoms with Crippen LogP contribution in [0.5, 0.6) is 0 Å². The third kappa shape index (κ3) is 4.32. The van der Waals surface area contributed by atoms with Gasteiger partial charge in [0.2, 0.25) is 0 Å². The van der Waals surface area contributed by atoms with E-state index in [4.69, 9.17) is 17.3 Å². The van der Waals surface area contributed by atoms with Gasteiger partial charge in [-0.25, -0.2) is 4.39 Å². The fourth-order valence-electron chi connectivity index (χ4n) is 3.24. The maximum Gasteiger partial charge on any atom is 0.416 e. The van der Waals surface area contributed by atoms with Crippen LogP contribution in [0, 0.1) is 11.2 Å². The zero-order valence-corrected chi connectivity index (χ0v) is 17.0. The molecule has 0 spiro atoms. The molecular formula is C20H19ClF4N2O3. The monoisotopic (exact) mass is 446 g/mol. The zero-order valence-electron chi connectivity index (χ0n) is 16.2. The van der Waals surface area contributed by atoms with E-state index in [0.717, 1.165) is 6.20 Å². The summed E-state index contributed by atoms with van der Waals surface area (Å²) < 4.78 is 54.3. The Hall–Kier alpha value is -2.52. The first-order chi connectivity index (χ1) is 13.6. The van der Waals surface area contributed by atoms with Crippen LogP contribution in [0.4, 0.5) is 17.6 Å². The first-order valence-electron chi connectivity index (χ1n) is 8.65. The lowest BCUT2D eigenvalue weighted by molar-refractivity contribution is -0.145. The summed E-state index contributed by atoms with van der Waals surface area (Å²) >= 11 is 5.83. The molecule has 1 aromatic carbocycles. The Morgan fingerprint density at radius 2 is 1.67 bits per heavy atom. The van der Waals surface area contributed by atoms with E-state index in [1.165, 1.54) is 32.9 Å². The van der Waals surface area contributed by atoms with Gasteiger partial charge in [-0.3, -0.25) is 14.6 Å². The van der Waals surface area contributed by atoms with Gasteiger partial charge in [0.25, 0.3) is 0 Å². The fraction of sp³-hybridized carbons (Fsp3) is 0.350. The molecule has 1 aromatic heterocycles. The molecule has 2 aromatic rings. The van der Waals surface area contributed by atoms with Crippen molar-refractivity contribution < 1.29 is 32.3 Å². The van der Waals surface area contributed by atoms with Crippen molar-refractivity contribution in [3.8, 4) is 0 Å².